The Balaban J connectivity index is 2.46. The van der Waals surface area contributed by atoms with E-state index in [1.807, 2.05) is 18.2 Å². The summed E-state index contributed by atoms with van der Waals surface area (Å²) in [7, 11) is 0. The summed E-state index contributed by atoms with van der Waals surface area (Å²) in [5.74, 6) is 0. The highest BCUT2D eigenvalue weighted by atomic mass is 35.5. The first-order valence-electron chi connectivity index (χ1n) is 5.57. The molecule has 90 valence electrons. The maximum absolute atomic E-state index is 6.35. The number of aryl methyl sites for hydroxylation is 3. The predicted molar refractivity (Wildman–Crippen MR) is 76.0 cm³/mol. The van der Waals surface area contributed by atoms with Gasteiger partial charge in [-0.1, -0.05) is 17.7 Å². The van der Waals surface area contributed by atoms with Crippen LogP contribution < -0.4 is 5.73 Å². The molecular weight excluding hydrogens is 250 g/mol. The Bertz CT molecular complexity index is 545. The average Bonchev–Trinajstić information content (AvgIpc) is 2.60. The van der Waals surface area contributed by atoms with Crippen molar-refractivity contribution < 1.29 is 0 Å². The fraction of sp³-hybridized carbons (Fsp3) is 0.286. The number of nitrogens with two attached hydrogens (primary N) is 1. The van der Waals surface area contributed by atoms with Gasteiger partial charge >= 0.3 is 0 Å². The van der Waals surface area contributed by atoms with Gasteiger partial charge in [0.1, 0.15) is 0 Å². The molecule has 1 aromatic heterocycles. The van der Waals surface area contributed by atoms with Crippen molar-refractivity contribution in [1.29, 1.82) is 0 Å². The van der Waals surface area contributed by atoms with Crippen molar-refractivity contribution in [3.05, 3.63) is 55.7 Å². The first-order chi connectivity index (χ1) is 7.99. The highest BCUT2D eigenvalue weighted by Crippen LogP contribution is 2.32. The summed E-state index contributed by atoms with van der Waals surface area (Å²) in [6, 6.07) is 8.00. The molecule has 0 aliphatic rings. The maximum atomic E-state index is 6.35. The number of benzene rings is 1. The molecule has 3 heteroatoms. The molecule has 1 aromatic carbocycles. The molecule has 0 radical (unpaired) electrons. The van der Waals surface area contributed by atoms with Gasteiger partial charge in [0.2, 0.25) is 0 Å². The van der Waals surface area contributed by atoms with Crippen LogP contribution >= 0.6 is 22.9 Å². The summed E-state index contributed by atoms with van der Waals surface area (Å²) < 4.78 is 0. The van der Waals surface area contributed by atoms with Gasteiger partial charge in [-0.25, -0.2) is 0 Å². The first-order valence-corrected chi connectivity index (χ1v) is 6.77. The van der Waals surface area contributed by atoms with Crippen LogP contribution in [0.3, 0.4) is 0 Å². The van der Waals surface area contributed by atoms with Crippen LogP contribution in [-0.2, 0) is 0 Å². The summed E-state index contributed by atoms with van der Waals surface area (Å²) in [6.45, 7) is 6.29. The second kappa shape index (κ2) is 4.81. The largest absolute Gasteiger partial charge is 0.320 e. The third-order valence-corrected chi connectivity index (χ3v) is 4.41. The van der Waals surface area contributed by atoms with Crippen molar-refractivity contribution in [1.82, 2.24) is 0 Å². The summed E-state index contributed by atoms with van der Waals surface area (Å²) >= 11 is 7.80. The number of hydrogen-bond acceptors (Lipinski definition) is 2. The molecule has 1 nitrogen and oxygen atoms in total. The van der Waals surface area contributed by atoms with E-state index in [2.05, 4.69) is 26.8 Å². The lowest BCUT2D eigenvalue weighted by atomic mass is 9.99. The van der Waals surface area contributed by atoms with Crippen LogP contribution in [0.1, 0.15) is 32.5 Å². The Hall–Kier alpha value is -0.830. The molecule has 2 aromatic rings. The number of halogens is 1. The van der Waals surface area contributed by atoms with Crippen molar-refractivity contribution in [3.63, 3.8) is 0 Å². The van der Waals surface area contributed by atoms with E-state index in [1.54, 1.807) is 11.3 Å². The summed E-state index contributed by atoms with van der Waals surface area (Å²) in [4.78, 5) is 2.53. The Morgan fingerprint density at radius 1 is 1.12 bits per heavy atom. The molecule has 1 heterocycles. The van der Waals surface area contributed by atoms with Crippen LogP contribution in [0.2, 0.25) is 5.02 Å². The van der Waals surface area contributed by atoms with E-state index in [1.165, 1.54) is 20.9 Å². The quantitative estimate of drug-likeness (QED) is 0.857. The van der Waals surface area contributed by atoms with Crippen LogP contribution in [0, 0.1) is 20.8 Å². The lowest BCUT2D eigenvalue weighted by Gasteiger charge is -2.14. The molecule has 0 spiro atoms. The van der Waals surface area contributed by atoms with Gasteiger partial charge in [-0.3, -0.25) is 0 Å². The minimum Gasteiger partial charge on any atom is -0.320 e. The molecule has 2 N–H and O–H groups in total. The van der Waals surface area contributed by atoms with E-state index >= 15 is 0 Å². The second-order valence-corrected chi connectivity index (χ2v) is 6.11. The lowest BCUT2D eigenvalue weighted by molar-refractivity contribution is 0.875. The molecule has 2 rings (SSSR count). The third-order valence-electron chi connectivity index (χ3n) is 2.94. The van der Waals surface area contributed by atoms with Crippen molar-refractivity contribution in [2.45, 2.75) is 26.8 Å². The van der Waals surface area contributed by atoms with Crippen LogP contribution in [0.5, 0.6) is 0 Å². The van der Waals surface area contributed by atoms with Gasteiger partial charge in [0.15, 0.2) is 0 Å². The van der Waals surface area contributed by atoms with E-state index in [9.17, 15) is 0 Å². The van der Waals surface area contributed by atoms with E-state index in [-0.39, 0.29) is 6.04 Å². The number of rotatable bonds is 2. The fourth-order valence-electron chi connectivity index (χ4n) is 2.06. The van der Waals surface area contributed by atoms with Crippen molar-refractivity contribution >= 4 is 22.9 Å². The van der Waals surface area contributed by atoms with Gasteiger partial charge in [-0.05, 0) is 55.7 Å². The third kappa shape index (κ3) is 2.54. The standard InChI is InChI=1S/C14H16ClNS/c1-8-4-5-11(15)7-12(8)13(16)14-9(2)6-10(3)17-14/h4-7,13H,16H2,1-3H3. The minimum absolute atomic E-state index is 0.0765. The molecule has 0 saturated heterocycles. The van der Waals surface area contributed by atoms with E-state index < -0.39 is 0 Å². The predicted octanol–water partition coefficient (Wildman–Crippen LogP) is 4.37. The normalized spacial score (nSPS) is 12.8. The molecule has 1 atom stereocenters. The Morgan fingerprint density at radius 3 is 2.41 bits per heavy atom. The van der Waals surface area contributed by atoms with Crippen LogP contribution in [0.15, 0.2) is 24.3 Å². The summed E-state index contributed by atoms with van der Waals surface area (Å²) in [5.41, 5.74) is 9.92. The van der Waals surface area contributed by atoms with E-state index in [0.29, 0.717) is 0 Å². The Morgan fingerprint density at radius 2 is 1.82 bits per heavy atom. The molecule has 0 fully saturated rings. The van der Waals surface area contributed by atoms with E-state index in [0.717, 1.165) is 10.6 Å². The van der Waals surface area contributed by atoms with Crippen molar-refractivity contribution in [2.24, 2.45) is 5.73 Å². The molecule has 1 unspecified atom stereocenters. The SMILES string of the molecule is Cc1cc(C)c(C(N)c2cc(Cl)ccc2C)s1. The zero-order chi connectivity index (χ0) is 12.6. The highest BCUT2D eigenvalue weighted by molar-refractivity contribution is 7.12. The van der Waals surface area contributed by atoms with Gasteiger partial charge in [0.05, 0.1) is 6.04 Å². The van der Waals surface area contributed by atoms with Gasteiger partial charge in [-0.2, -0.15) is 0 Å². The van der Waals surface area contributed by atoms with E-state index in [4.69, 9.17) is 17.3 Å². The molecule has 0 amide bonds. The Kier molecular flexibility index (Phi) is 3.57. The minimum atomic E-state index is -0.0765. The average molecular weight is 266 g/mol. The summed E-state index contributed by atoms with van der Waals surface area (Å²) in [5, 5.41) is 0.743. The van der Waals surface area contributed by atoms with Gasteiger partial charge in [-0.15, -0.1) is 11.3 Å². The monoisotopic (exact) mass is 265 g/mol. The highest BCUT2D eigenvalue weighted by Gasteiger charge is 2.16. The molecule has 0 aliphatic heterocycles. The number of hydrogen-bond donors (Lipinski definition) is 1. The second-order valence-electron chi connectivity index (χ2n) is 4.38. The molecule has 17 heavy (non-hydrogen) atoms. The lowest BCUT2D eigenvalue weighted by Crippen LogP contribution is -2.12. The first kappa shape index (κ1) is 12.6. The maximum Gasteiger partial charge on any atom is 0.0651 e. The molecule has 0 saturated carbocycles. The Labute approximate surface area is 111 Å². The van der Waals surface area contributed by atoms with Gasteiger partial charge < -0.3 is 5.73 Å². The van der Waals surface area contributed by atoms with Crippen LogP contribution in [0.25, 0.3) is 0 Å². The number of thiophene rings is 1. The van der Waals surface area contributed by atoms with Gasteiger partial charge in [0.25, 0.3) is 0 Å². The fourth-order valence-corrected chi connectivity index (χ4v) is 3.29. The molecular formula is C14H16ClNS. The van der Waals surface area contributed by atoms with Crippen molar-refractivity contribution in [3.8, 4) is 0 Å². The zero-order valence-corrected chi connectivity index (χ0v) is 11.8. The smallest absolute Gasteiger partial charge is 0.0651 e. The van der Waals surface area contributed by atoms with Crippen LogP contribution in [0.4, 0.5) is 0 Å². The van der Waals surface area contributed by atoms with Gasteiger partial charge in [0, 0.05) is 14.8 Å². The topological polar surface area (TPSA) is 26.0 Å². The zero-order valence-electron chi connectivity index (χ0n) is 10.3. The molecule has 0 bridgehead atoms. The summed E-state index contributed by atoms with van der Waals surface area (Å²) in [6.07, 6.45) is 0. The van der Waals surface area contributed by atoms with Crippen molar-refractivity contribution in [2.75, 3.05) is 0 Å². The molecule has 0 aliphatic carbocycles. The van der Waals surface area contributed by atoms with Crippen LogP contribution in [-0.4, -0.2) is 0 Å².